The molecule has 0 saturated heterocycles. The van der Waals surface area contributed by atoms with Crippen molar-refractivity contribution in [3.63, 3.8) is 0 Å². The summed E-state index contributed by atoms with van der Waals surface area (Å²) in [6.45, 7) is 2.36. The number of anilines is 1. The highest BCUT2D eigenvalue weighted by molar-refractivity contribution is 7.89. The zero-order valence-corrected chi connectivity index (χ0v) is 10.8. The van der Waals surface area contributed by atoms with E-state index in [1.165, 1.54) is 6.20 Å². The fourth-order valence-corrected chi connectivity index (χ4v) is 3.19. The summed E-state index contributed by atoms with van der Waals surface area (Å²) in [6, 6.07) is 3.32. The lowest BCUT2D eigenvalue weighted by Crippen LogP contribution is -2.49. The number of hydrogen-bond acceptors (Lipinski definition) is 6. The summed E-state index contributed by atoms with van der Waals surface area (Å²) in [5.74, 6) is 0. The number of carbonyl (C=O) groups excluding carboxylic acids is 1. The van der Waals surface area contributed by atoms with Gasteiger partial charge in [0.1, 0.15) is 6.67 Å². The van der Waals surface area contributed by atoms with Gasteiger partial charge >= 0.3 is 6.09 Å². The molecule has 0 bridgehead atoms. The van der Waals surface area contributed by atoms with Crippen molar-refractivity contribution in [3.05, 3.63) is 18.3 Å². The van der Waals surface area contributed by atoms with E-state index < -0.39 is 16.1 Å². The number of hydrogen-bond donors (Lipinski definition) is 0. The molecule has 1 aromatic rings. The first-order valence-electron chi connectivity index (χ1n) is 5.33. The van der Waals surface area contributed by atoms with Crippen molar-refractivity contribution < 1.29 is 17.9 Å². The van der Waals surface area contributed by atoms with Crippen LogP contribution in [-0.4, -0.2) is 44.1 Å². The minimum absolute atomic E-state index is 0.0653. The molecule has 0 atom stereocenters. The van der Waals surface area contributed by atoms with Gasteiger partial charge in [-0.15, -0.1) is 0 Å². The van der Waals surface area contributed by atoms with Gasteiger partial charge in [-0.05, 0) is 19.1 Å². The molecule has 0 radical (unpaired) electrons. The Bertz CT molecular complexity index is 572. The SMILES string of the molecule is CCN1CN(C(=O)OC)S(=O)(=O)c2ncccc21. The van der Waals surface area contributed by atoms with E-state index in [-0.39, 0.29) is 11.7 Å². The highest BCUT2D eigenvalue weighted by Crippen LogP contribution is 2.31. The Kier molecular flexibility index (Phi) is 3.12. The summed E-state index contributed by atoms with van der Waals surface area (Å²) >= 11 is 0. The monoisotopic (exact) mass is 271 g/mol. The van der Waals surface area contributed by atoms with Crippen LogP contribution in [0.5, 0.6) is 0 Å². The maximum Gasteiger partial charge on any atom is 0.425 e. The molecular weight excluding hydrogens is 258 g/mol. The topological polar surface area (TPSA) is 79.8 Å². The van der Waals surface area contributed by atoms with Crippen LogP contribution < -0.4 is 4.90 Å². The van der Waals surface area contributed by atoms with Gasteiger partial charge in [0, 0.05) is 12.7 Å². The average molecular weight is 271 g/mol. The van der Waals surface area contributed by atoms with Gasteiger partial charge in [0.05, 0.1) is 12.8 Å². The summed E-state index contributed by atoms with van der Waals surface area (Å²) in [5, 5.41) is -0.122. The summed E-state index contributed by atoms with van der Waals surface area (Å²) in [5.41, 5.74) is 0.500. The molecule has 2 heterocycles. The van der Waals surface area contributed by atoms with Crippen LogP contribution in [0.15, 0.2) is 23.4 Å². The second-order valence-electron chi connectivity index (χ2n) is 3.65. The zero-order chi connectivity index (χ0) is 13.3. The standard InChI is InChI=1S/C10H13N3O4S/c1-3-12-7-13(10(14)17-2)18(15,16)9-8(12)5-4-6-11-9/h4-6H,3,7H2,1-2H3. The number of nitrogens with zero attached hydrogens (tertiary/aromatic N) is 3. The van der Waals surface area contributed by atoms with Crippen LogP contribution in [0.2, 0.25) is 0 Å². The number of aromatic nitrogens is 1. The van der Waals surface area contributed by atoms with E-state index in [0.29, 0.717) is 16.5 Å². The number of amides is 1. The van der Waals surface area contributed by atoms with Crippen molar-refractivity contribution in [2.45, 2.75) is 11.9 Å². The third kappa shape index (κ3) is 1.78. The number of pyridine rings is 1. The van der Waals surface area contributed by atoms with Gasteiger partial charge in [-0.3, -0.25) is 0 Å². The number of carbonyl (C=O) groups is 1. The summed E-state index contributed by atoms with van der Waals surface area (Å²) in [6.07, 6.45) is 0.468. The van der Waals surface area contributed by atoms with Crippen LogP contribution in [0.1, 0.15) is 6.92 Å². The zero-order valence-electron chi connectivity index (χ0n) is 10.0. The van der Waals surface area contributed by atoms with Crippen LogP contribution in [0.4, 0.5) is 10.5 Å². The molecule has 0 saturated carbocycles. The second kappa shape index (κ2) is 4.45. The number of ether oxygens (including phenoxy) is 1. The lowest BCUT2D eigenvalue weighted by atomic mass is 10.4. The Labute approximate surface area is 105 Å². The Hall–Kier alpha value is -1.83. The third-order valence-corrected chi connectivity index (χ3v) is 4.33. The van der Waals surface area contributed by atoms with Gasteiger partial charge in [-0.1, -0.05) is 0 Å². The van der Waals surface area contributed by atoms with Crippen molar-refractivity contribution in [2.24, 2.45) is 0 Å². The Morgan fingerprint density at radius 2 is 2.28 bits per heavy atom. The molecule has 0 aliphatic carbocycles. The first-order chi connectivity index (χ1) is 8.52. The first kappa shape index (κ1) is 12.6. The molecule has 18 heavy (non-hydrogen) atoms. The highest BCUT2D eigenvalue weighted by atomic mass is 32.2. The quantitative estimate of drug-likeness (QED) is 0.745. The fourth-order valence-electron chi connectivity index (χ4n) is 1.76. The van der Waals surface area contributed by atoms with Gasteiger partial charge in [-0.25, -0.2) is 9.78 Å². The molecule has 0 aromatic carbocycles. The molecule has 98 valence electrons. The molecular formula is C10H13N3O4S. The minimum Gasteiger partial charge on any atom is -0.452 e. The van der Waals surface area contributed by atoms with Crippen LogP contribution in [0.3, 0.4) is 0 Å². The van der Waals surface area contributed by atoms with Crippen molar-refractivity contribution in [1.29, 1.82) is 0 Å². The van der Waals surface area contributed by atoms with Crippen molar-refractivity contribution >= 4 is 21.8 Å². The molecule has 0 N–H and O–H groups in total. The Balaban J connectivity index is 2.59. The molecule has 0 fully saturated rings. The van der Waals surface area contributed by atoms with E-state index in [1.807, 2.05) is 6.92 Å². The number of methoxy groups -OCH3 is 1. The van der Waals surface area contributed by atoms with Crippen molar-refractivity contribution in [2.75, 3.05) is 25.2 Å². The highest BCUT2D eigenvalue weighted by Gasteiger charge is 2.39. The molecule has 0 spiro atoms. The van der Waals surface area contributed by atoms with E-state index in [2.05, 4.69) is 9.72 Å². The molecule has 1 aliphatic heterocycles. The molecule has 1 amide bonds. The van der Waals surface area contributed by atoms with Gasteiger partial charge in [0.15, 0.2) is 5.03 Å². The van der Waals surface area contributed by atoms with E-state index >= 15 is 0 Å². The summed E-state index contributed by atoms with van der Waals surface area (Å²) in [7, 11) is -2.79. The fraction of sp³-hybridized carbons (Fsp3) is 0.400. The van der Waals surface area contributed by atoms with Crippen LogP contribution >= 0.6 is 0 Å². The third-order valence-electron chi connectivity index (χ3n) is 2.69. The Morgan fingerprint density at radius 3 is 2.89 bits per heavy atom. The van der Waals surface area contributed by atoms with Gasteiger partial charge in [-0.2, -0.15) is 12.7 Å². The number of fused-ring (bicyclic) bond motifs is 1. The molecule has 1 aliphatic rings. The van der Waals surface area contributed by atoms with Crippen molar-refractivity contribution in [1.82, 2.24) is 9.29 Å². The van der Waals surface area contributed by atoms with Gasteiger partial charge < -0.3 is 9.64 Å². The first-order valence-corrected chi connectivity index (χ1v) is 6.77. The van der Waals surface area contributed by atoms with Gasteiger partial charge in [0.2, 0.25) is 0 Å². The second-order valence-corrected chi connectivity index (χ2v) is 5.43. The normalized spacial score (nSPS) is 17.2. The predicted molar refractivity (Wildman–Crippen MR) is 63.6 cm³/mol. The summed E-state index contributed by atoms with van der Waals surface area (Å²) in [4.78, 5) is 17.1. The lowest BCUT2D eigenvalue weighted by molar-refractivity contribution is 0.148. The maximum atomic E-state index is 12.2. The van der Waals surface area contributed by atoms with E-state index in [0.717, 1.165) is 7.11 Å². The number of rotatable bonds is 1. The maximum absolute atomic E-state index is 12.2. The number of sulfonamides is 1. The van der Waals surface area contributed by atoms with Gasteiger partial charge in [0.25, 0.3) is 10.0 Å². The van der Waals surface area contributed by atoms with Crippen LogP contribution in [-0.2, 0) is 14.8 Å². The van der Waals surface area contributed by atoms with E-state index in [9.17, 15) is 13.2 Å². The molecule has 7 nitrogen and oxygen atoms in total. The Morgan fingerprint density at radius 1 is 1.56 bits per heavy atom. The van der Waals surface area contributed by atoms with Crippen molar-refractivity contribution in [3.8, 4) is 0 Å². The molecule has 1 aromatic heterocycles. The molecule has 8 heteroatoms. The largest absolute Gasteiger partial charge is 0.452 e. The van der Waals surface area contributed by atoms with E-state index in [1.54, 1.807) is 17.0 Å². The average Bonchev–Trinajstić information content (AvgIpc) is 2.38. The minimum atomic E-state index is -3.93. The van der Waals surface area contributed by atoms with Crippen LogP contribution in [0.25, 0.3) is 0 Å². The van der Waals surface area contributed by atoms with E-state index in [4.69, 9.17) is 0 Å². The van der Waals surface area contributed by atoms with Crippen LogP contribution in [0, 0.1) is 0 Å². The summed E-state index contributed by atoms with van der Waals surface area (Å²) < 4.78 is 29.6. The smallest absolute Gasteiger partial charge is 0.425 e. The molecule has 2 rings (SSSR count). The molecule has 0 unspecified atom stereocenters. The predicted octanol–water partition coefficient (Wildman–Crippen LogP) is 0.636. The lowest BCUT2D eigenvalue weighted by Gasteiger charge is -2.35.